The Balaban J connectivity index is 1.94. The van der Waals surface area contributed by atoms with E-state index in [4.69, 9.17) is 4.74 Å². The lowest BCUT2D eigenvalue weighted by molar-refractivity contribution is -0.139. The molecule has 5 nitrogen and oxygen atoms in total. The van der Waals surface area contributed by atoms with Crippen molar-refractivity contribution in [1.29, 1.82) is 0 Å². The normalized spacial score (nSPS) is 24.8. The van der Waals surface area contributed by atoms with Crippen molar-refractivity contribution in [3.63, 3.8) is 0 Å². The van der Waals surface area contributed by atoms with Crippen molar-refractivity contribution >= 4 is 12.0 Å². The second-order valence-corrected chi connectivity index (χ2v) is 6.06. The average molecular weight is 254 g/mol. The topological polar surface area (TPSA) is 49.9 Å². The van der Waals surface area contributed by atoms with Crippen LogP contribution in [-0.4, -0.2) is 53.1 Å². The highest BCUT2D eigenvalue weighted by molar-refractivity contribution is 5.78. The smallest absolute Gasteiger partial charge is 0.410 e. The third kappa shape index (κ3) is 2.94. The van der Waals surface area contributed by atoms with Gasteiger partial charge in [0.15, 0.2) is 0 Å². The molecule has 0 aromatic carbocycles. The fourth-order valence-corrected chi connectivity index (χ4v) is 2.56. The van der Waals surface area contributed by atoms with Crippen LogP contribution in [0.4, 0.5) is 4.79 Å². The molecule has 2 rings (SSSR count). The predicted octanol–water partition coefficient (Wildman–Crippen LogP) is 1.62. The highest BCUT2D eigenvalue weighted by Gasteiger charge is 2.35. The number of hydrogen-bond donors (Lipinski definition) is 0. The van der Waals surface area contributed by atoms with E-state index < -0.39 is 5.60 Å². The molecule has 102 valence electrons. The molecule has 0 aromatic heterocycles. The molecule has 1 atom stereocenters. The van der Waals surface area contributed by atoms with E-state index in [0.717, 1.165) is 12.8 Å². The molecule has 0 saturated carbocycles. The Morgan fingerprint density at radius 3 is 2.72 bits per heavy atom. The largest absolute Gasteiger partial charge is 0.444 e. The van der Waals surface area contributed by atoms with E-state index in [1.54, 1.807) is 4.90 Å². The maximum atomic E-state index is 12.0. The Labute approximate surface area is 108 Å². The molecule has 0 N–H and O–H groups in total. The zero-order valence-electron chi connectivity index (χ0n) is 11.4. The van der Waals surface area contributed by atoms with Crippen molar-refractivity contribution in [1.82, 2.24) is 9.80 Å². The number of carbonyl (C=O) groups excluding carboxylic acids is 2. The minimum atomic E-state index is -0.462. The Hall–Kier alpha value is -1.26. The van der Waals surface area contributed by atoms with E-state index in [2.05, 4.69) is 0 Å². The fourth-order valence-electron chi connectivity index (χ4n) is 2.56. The molecule has 2 fully saturated rings. The standard InChI is InChI=1S/C13H22N2O3/c1-13(2,3)18-12(17)14-7-8-15-10(9-14)5-4-6-11(15)16/h10H,4-9H2,1-3H3. The van der Waals surface area contributed by atoms with Crippen LogP contribution in [0.3, 0.4) is 0 Å². The van der Waals surface area contributed by atoms with Crippen LogP contribution in [-0.2, 0) is 9.53 Å². The average Bonchev–Trinajstić information content (AvgIpc) is 2.26. The number of amides is 2. The first kappa shape index (κ1) is 13.2. The van der Waals surface area contributed by atoms with E-state index in [1.807, 2.05) is 25.7 Å². The lowest BCUT2D eigenvalue weighted by atomic mass is 9.99. The second kappa shape index (κ2) is 4.78. The van der Waals surface area contributed by atoms with E-state index in [9.17, 15) is 9.59 Å². The van der Waals surface area contributed by atoms with Crippen molar-refractivity contribution in [2.24, 2.45) is 0 Å². The van der Waals surface area contributed by atoms with Crippen molar-refractivity contribution in [2.75, 3.05) is 19.6 Å². The summed E-state index contributed by atoms with van der Waals surface area (Å²) in [5.41, 5.74) is -0.462. The lowest BCUT2D eigenvalue weighted by Gasteiger charge is -2.43. The van der Waals surface area contributed by atoms with E-state index in [1.165, 1.54) is 0 Å². The Bertz CT molecular complexity index is 349. The molecule has 0 bridgehead atoms. The van der Waals surface area contributed by atoms with Gasteiger partial charge in [-0.2, -0.15) is 0 Å². The third-order valence-corrected chi connectivity index (χ3v) is 3.38. The van der Waals surface area contributed by atoms with Gasteiger partial charge >= 0.3 is 6.09 Å². The minimum Gasteiger partial charge on any atom is -0.444 e. The van der Waals surface area contributed by atoms with Crippen LogP contribution in [0.2, 0.25) is 0 Å². The van der Waals surface area contributed by atoms with Gasteiger partial charge in [0.25, 0.3) is 0 Å². The van der Waals surface area contributed by atoms with Crippen molar-refractivity contribution < 1.29 is 14.3 Å². The maximum absolute atomic E-state index is 12.0. The lowest BCUT2D eigenvalue weighted by Crippen LogP contribution is -2.58. The van der Waals surface area contributed by atoms with Gasteiger partial charge in [0.05, 0.1) is 0 Å². The predicted molar refractivity (Wildman–Crippen MR) is 67.2 cm³/mol. The number of piperidine rings is 1. The molecular weight excluding hydrogens is 232 g/mol. The zero-order chi connectivity index (χ0) is 13.3. The second-order valence-electron chi connectivity index (χ2n) is 6.06. The molecule has 0 aliphatic carbocycles. The first-order valence-electron chi connectivity index (χ1n) is 6.64. The molecule has 2 aliphatic heterocycles. The van der Waals surface area contributed by atoms with Crippen molar-refractivity contribution in [3.8, 4) is 0 Å². The van der Waals surface area contributed by atoms with Gasteiger partial charge in [-0.15, -0.1) is 0 Å². The Morgan fingerprint density at radius 2 is 2.06 bits per heavy atom. The number of rotatable bonds is 0. The number of carbonyl (C=O) groups is 2. The molecule has 2 saturated heterocycles. The summed E-state index contributed by atoms with van der Waals surface area (Å²) in [6.07, 6.45) is 2.32. The van der Waals surface area contributed by atoms with E-state index >= 15 is 0 Å². The van der Waals surface area contributed by atoms with Crippen molar-refractivity contribution in [3.05, 3.63) is 0 Å². The fraction of sp³-hybridized carbons (Fsp3) is 0.846. The van der Waals surface area contributed by atoms with Gasteiger partial charge in [0.1, 0.15) is 5.60 Å². The highest BCUT2D eigenvalue weighted by Crippen LogP contribution is 2.23. The zero-order valence-corrected chi connectivity index (χ0v) is 11.4. The minimum absolute atomic E-state index is 0.188. The summed E-state index contributed by atoms with van der Waals surface area (Å²) in [7, 11) is 0. The van der Waals surface area contributed by atoms with Gasteiger partial charge in [-0.1, -0.05) is 0 Å². The molecule has 2 aliphatic rings. The third-order valence-electron chi connectivity index (χ3n) is 3.38. The number of hydrogen-bond acceptors (Lipinski definition) is 3. The Kier molecular flexibility index (Phi) is 3.50. The first-order valence-corrected chi connectivity index (χ1v) is 6.64. The summed E-state index contributed by atoms with van der Waals surface area (Å²) >= 11 is 0. The number of nitrogens with zero attached hydrogens (tertiary/aromatic N) is 2. The van der Waals surface area contributed by atoms with Gasteiger partial charge in [-0.25, -0.2) is 4.79 Å². The monoisotopic (exact) mass is 254 g/mol. The van der Waals surface area contributed by atoms with Crippen LogP contribution < -0.4 is 0 Å². The maximum Gasteiger partial charge on any atom is 0.410 e. The van der Waals surface area contributed by atoms with Crippen LogP contribution in [0, 0.1) is 0 Å². The molecular formula is C13H22N2O3. The number of ether oxygens (including phenoxy) is 1. The molecule has 0 aromatic rings. The molecule has 0 spiro atoms. The molecule has 5 heteroatoms. The quantitative estimate of drug-likeness (QED) is 0.660. The van der Waals surface area contributed by atoms with Gasteiger partial charge in [-0.05, 0) is 33.6 Å². The van der Waals surface area contributed by atoms with Crippen LogP contribution in [0.15, 0.2) is 0 Å². The summed E-state index contributed by atoms with van der Waals surface area (Å²) < 4.78 is 5.37. The summed E-state index contributed by atoms with van der Waals surface area (Å²) in [6, 6.07) is 0.188. The first-order chi connectivity index (χ1) is 8.37. The molecule has 2 heterocycles. The molecule has 1 unspecified atom stereocenters. The summed E-state index contributed by atoms with van der Waals surface area (Å²) in [5.74, 6) is 0.232. The number of piperazine rings is 1. The molecule has 0 radical (unpaired) electrons. The van der Waals surface area contributed by atoms with E-state index in [-0.39, 0.29) is 18.0 Å². The number of fused-ring (bicyclic) bond motifs is 1. The highest BCUT2D eigenvalue weighted by atomic mass is 16.6. The van der Waals surface area contributed by atoms with Crippen LogP contribution in [0.5, 0.6) is 0 Å². The van der Waals surface area contributed by atoms with Gasteiger partial charge in [-0.3, -0.25) is 4.79 Å². The summed E-state index contributed by atoms with van der Waals surface area (Å²) in [4.78, 5) is 27.3. The van der Waals surface area contributed by atoms with Crippen molar-refractivity contribution in [2.45, 2.75) is 51.7 Å². The van der Waals surface area contributed by atoms with Crippen LogP contribution >= 0.6 is 0 Å². The van der Waals surface area contributed by atoms with Crippen LogP contribution in [0.25, 0.3) is 0 Å². The molecule has 18 heavy (non-hydrogen) atoms. The molecule has 2 amide bonds. The van der Waals surface area contributed by atoms with Gasteiger partial charge in [0, 0.05) is 32.1 Å². The van der Waals surface area contributed by atoms with E-state index in [0.29, 0.717) is 26.1 Å². The van der Waals surface area contributed by atoms with Gasteiger partial charge in [0.2, 0.25) is 5.91 Å². The van der Waals surface area contributed by atoms with Gasteiger partial charge < -0.3 is 14.5 Å². The van der Waals surface area contributed by atoms with Crippen LogP contribution in [0.1, 0.15) is 40.0 Å². The summed E-state index contributed by atoms with van der Waals surface area (Å²) in [5, 5.41) is 0. The SMILES string of the molecule is CC(C)(C)OC(=O)N1CCN2C(=O)CCCC2C1. The summed E-state index contributed by atoms with van der Waals surface area (Å²) in [6.45, 7) is 7.43. The Morgan fingerprint density at radius 1 is 1.33 bits per heavy atom.